The van der Waals surface area contributed by atoms with Crippen molar-refractivity contribution in [1.82, 2.24) is 0 Å². The molecule has 7 heavy (non-hydrogen) atoms. The van der Waals surface area contributed by atoms with E-state index in [-0.39, 0.29) is 0 Å². The van der Waals surface area contributed by atoms with E-state index in [4.69, 9.17) is 4.43 Å². The van der Waals surface area contributed by atoms with Gasteiger partial charge in [0.15, 0.2) is 0 Å². The summed E-state index contributed by atoms with van der Waals surface area (Å²) in [6, 6.07) is 0. The van der Waals surface area contributed by atoms with Crippen LogP contribution in [0.15, 0.2) is 11.6 Å². The molecule has 0 fully saturated rings. The molecule has 0 amide bonds. The molecule has 1 nitrogen and oxygen atoms in total. The molecule has 0 saturated heterocycles. The summed E-state index contributed by atoms with van der Waals surface area (Å²) in [7, 11) is 0.851. The molecule has 0 aromatic rings. The zero-order chi connectivity index (χ0) is 5.70. The molecule has 0 aliphatic carbocycles. The fourth-order valence-electron chi connectivity index (χ4n) is 0.311. The van der Waals surface area contributed by atoms with Gasteiger partial charge in [0.05, 0.1) is 6.61 Å². The molecule has 0 N–H and O–H groups in total. The summed E-state index contributed by atoms with van der Waals surface area (Å²) in [4.78, 5) is 0. The highest BCUT2D eigenvalue weighted by Crippen LogP contribution is 1.88. The minimum atomic E-state index is 0.822. The van der Waals surface area contributed by atoms with Gasteiger partial charge in [-0.1, -0.05) is 11.6 Å². The Balaban J connectivity index is 3.17. The first-order valence-electron chi connectivity index (χ1n) is 2.42. The summed E-state index contributed by atoms with van der Waals surface area (Å²) in [5.74, 6) is 0. The van der Waals surface area contributed by atoms with Gasteiger partial charge in [-0.3, -0.25) is 0 Å². The van der Waals surface area contributed by atoms with E-state index in [0.717, 1.165) is 17.1 Å². The minimum Gasteiger partial charge on any atom is -0.424 e. The van der Waals surface area contributed by atoms with E-state index in [1.54, 1.807) is 0 Å². The van der Waals surface area contributed by atoms with Crippen molar-refractivity contribution >= 4 is 10.5 Å². The fraction of sp³-hybridized carbons (Fsp3) is 0.600. The van der Waals surface area contributed by atoms with Gasteiger partial charge in [0, 0.05) is 0 Å². The third-order valence-corrected chi connectivity index (χ3v) is 1.15. The van der Waals surface area contributed by atoms with Gasteiger partial charge in [0.25, 0.3) is 0 Å². The van der Waals surface area contributed by atoms with E-state index >= 15 is 0 Å². The topological polar surface area (TPSA) is 9.23 Å². The first-order chi connectivity index (χ1) is 3.31. The highest BCUT2D eigenvalue weighted by molar-refractivity contribution is 5.98. The first kappa shape index (κ1) is 6.92. The highest BCUT2D eigenvalue weighted by Gasteiger charge is 1.78. The van der Waals surface area contributed by atoms with Crippen LogP contribution in [-0.2, 0) is 4.43 Å². The van der Waals surface area contributed by atoms with Crippen LogP contribution in [0.4, 0.5) is 0 Å². The molecule has 2 heteroatoms. The van der Waals surface area contributed by atoms with Gasteiger partial charge >= 0.3 is 0 Å². The van der Waals surface area contributed by atoms with Crippen LogP contribution in [0.1, 0.15) is 13.8 Å². The third kappa shape index (κ3) is 3.75. The highest BCUT2D eigenvalue weighted by atomic mass is 28.2. The van der Waals surface area contributed by atoms with Crippen molar-refractivity contribution in [3.8, 4) is 0 Å². The molecule has 0 saturated carbocycles. The Morgan fingerprint density at radius 1 is 1.86 bits per heavy atom. The number of rotatable bonds is 2. The van der Waals surface area contributed by atoms with E-state index in [1.165, 1.54) is 5.57 Å². The van der Waals surface area contributed by atoms with Crippen molar-refractivity contribution in [2.45, 2.75) is 13.8 Å². The molecule has 42 valence electrons. The molecular weight excluding hydrogens is 104 g/mol. The number of hydrogen-bond donors (Lipinski definition) is 0. The van der Waals surface area contributed by atoms with E-state index < -0.39 is 0 Å². The van der Waals surface area contributed by atoms with Crippen molar-refractivity contribution in [3.63, 3.8) is 0 Å². The Labute approximate surface area is 47.9 Å². The maximum atomic E-state index is 4.97. The second kappa shape index (κ2) is 4.09. The fourth-order valence-corrected chi connectivity index (χ4v) is 0.766. The van der Waals surface area contributed by atoms with Crippen molar-refractivity contribution in [2.75, 3.05) is 6.61 Å². The van der Waals surface area contributed by atoms with Gasteiger partial charge in [-0.25, -0.2) is 0 Å². The molecule has 0 unspecified atom stereocenters. The number of allylic oxidation sites excluding steroid dienone is 1. The third-order valence-electron chi connectivity index (χ3n) is 0.865. The normalized spacial score (nSPS) is 12.6. The van der Waals surface area contributed by atoms with Gasteiger partial charge in [0.2, 0.25) is 0 Å². The monoisotopic (exact) mass is 116 g/mol. The summed E-state index contributed by atoms with van der Waals surface area (Å²) >= 11 is 0. The second-order valence-corrected chi connectivity index (χ2v) is 2.15. The Kier molecular flexibility index (Phi) is 4.04. The van der Waals surface area contributed by atoms with Gasteiger partial charge < -0.3 is 4.43 Å². The Morgan fingerprint density at radius 3 is 2.57 bits per heavy atom. The SMILES string of the molecule is CC=C(C)CO[SiH3]. The summed E-state index contributed by atoms with van der Waals surface area (Å²) in [6.45, 7) is 4.91. The lowest BCUT2D eigenvalue weighted by molar-refractivity contribution is 0.388. The van der Waals surface area contributed by atoms with Crippen LogP contribution >= 0.6 is 0 Å². The van der Waals surface area contributed by atoms with Crippen molar-refractivity contribution in [3.05, 3.63) is 11.6 Å². The lowest BCUT2D eigenvalue weighted by Crippen LogP contribution is -1.89. The van der Waals surface area contributed by atoms with E-state index in [1.807, 2.05) is 6.92 Å². The van der Waals surface area contributed by atoms with Crippen LogP contribution in [-0.4, -0.2) is 17.1 Å². The summed E-state index contributed by atoms with van der Waals surface area (Å²) < 4.78 is 4.97. The van der Waals surface area contributed by atoms with Gasteiger partial charge in [0.1, 0.15) is 10.5 Å². The minimum absolute atomic E-state index is 0.822. The Hall–Kier alpha value is -0.0831. The molecule has 0 atom stereocenters. The second-order valence-electron chi connectivity index (χ2n) is 1.57. The van der Waals surface area contributed by atoms with Crippen LogP contribution in [0.2, 0.25) is 0 Å². The predicted octanol–water partition coefficient (Wildman–Crippen LogP) is 0.250. The molecule has 0 bridgehead atoms. The molecular formula is C5H12OSi. The molecule has 0 aromatic carbocycles. The van der Waals surface area contributed by atoms with Gasteiger partial charge in [-0.15, -0.1) is 0 Å². The van der Waals surface area contributed by atoms with Crippen molar-refractivity contribution in [2.24, 2.45) is 0 Å². The molecule has 0 spiro atoms. The van der Waals surface area contributed by atoms with Gasteiger partial charge in [-0.2, -0.15) is 0 Å². The van der Waals surface area contributed by atoms with Crippen molar-refractivity contribution < 1.29 is 4.43 Å². The standard InChI is InChI=1S/C5H12OSi/c1-3-5(2)4-6-7/h3H,4H2,1-2,7H3. The zero-order valence-electron chi connectivity index (χ0n) is 5.19. The van der Waals surface area contributed by atoms with Crippen LogP contribution in [0.25, 0.3) is 0 Å². The molecule has 0 aliphatic heterocycles. The van der Waals surface area contributed by atoms with Crippen LogP contribution in [0.3, 0.4) is 0 Å². The zero-order valence-corrected chi connectivity index (χ0v) is 7.19. The van der Waals surface area contributed by atoms with Crippen LogP contribution in [0, 0.1) is 0 Å². The molecule has 0 rings (SSSR count). The predicted molar refractivity (Wildman–Crippen MR) is 35.3 cm³/mol. The lowest BCUT2D eigenvalue weighted by atomic mass is 10.3. The molecule has 0 heterocycles. The molecule has 0 aliphatic rings. The Morgan fingerprint density at radius 2 is 2.43 bits per heavy atom. The lowest BCUT2D eigenvalue weighted by Gasteiger charge is -1.94. The summed E-state index contributed by atoms with van der Waals surface area (Å²) in [5, 5.41) is 0. The van der Waals surface area contributed by atoms with E-state index in [2.05, 4.69) is 13.0 Å². The summed E-state index contributed by atoms with van der Waals surface area (Å²) in [5.41, 5.74) is 1.31. The maximum absolute atomic E-state index is 4.97. The Bertz CT molecular complexity index is 68.5. The van der Waals surface area contributed by atoms with Crippen LogP contribution < -0.4 is 0 Å². The van der Waals surface area contributed by atoms with E-state index in [0.29, 0.717) is 0 Å². The molecule has 0 radical (unpaired) electrons. The van der Waals surface area contributed by atoms with Crippen molar-refractivity contribution in [1.29, 1.82) is 0 Å². The molecule has 0 aromatic heterocycles. The van der Waals surface area contributed by atoms with Gasteiger partial charge in [-0.05, 0) is 13.8 Å². The summed E-state index contributed by atoms with van der Waals surface area (Å²) in [6.07, 6.45) is 2.07. The maximum Gasteiger partial charge on any atom is 0.146 e. The van der Waals surface area contributed by atoms with E-state index in [9.17, 15) is 0 Å². The van der Waals surface area contributed by atoms with Crippen LogP contribution in [0.5, 0.6) is 0 Å². The first-order valence-corrected chi connectivity index (χ1v) is 3.23. The average molecular weight is 116 g/mol. The quantitative estimate of drug-likeness (QED) is 0.371. The average Bonchev–Trinajstić information content (AvgIpc) is 1.68. The smallest absolute Gasteiger partial charge is 0.146 e. The largest absolute Gasteiger partial charge is 0.424 e. The number of hydrogen-bond acceptors (Lipinski definition) is 1.